The minimum atomic E-state index is -3.64. The zero-order valence-electron chi connectivity index (χ0n) is 13.8. The molecule has 3 rings (SSSR count). The van der Waals surface area contributed by atoms with Gasteiger partial charge in [0.15, 0.2) is 0 Å². The summed E-state index contributed by atoms with van der Waals surface area (Å²) in [5, 5.41) is 0.776. The van der Waals surface area contributed by atoms with Crippen molar-refractivity contribution >= 4 is 32.3 Å². The molecule has 0 unspecified atom stereocenters. The van der Waals surface area contributed by atoms with Crippen molar-refractivity contribution in [2.24, 2.45) is 0 Å². The average molecular weight is 378 g/mol. The van der Waals surface area contributed by atoms with Crippen LogP contribution in [0.4, 0.5) is 0 Å². The number of ether oxygens (including phenoxy) is 1. The second kappa shape index (κ2) is 6.99. The summed E-state index contributed by atoms with van der Waals surface area (Å²) in [5.41, 5.74) is 0.695. The molecule has 0 aliphatic carbocycles. The normalized spacial score (nSPS) is 11.8. The van der Waals surface area contributed by atoms with Gasteiger partial charge in [-0.25, -0.2) is 13.1 Å². The largest absolute Gasteiger partial charge is 0.497 e. The fourth-order valence-corrected chi connectivity index (χ4v) is 4.77. The monoisotopic (exact) mass is 378 g/mol. The molecule has 0 saturated heterocycles. The Kier molecular flexibility index (Phi) is 4.94. The molecule has 3 aromatic rings. The molecule has 0 radical (unpaired) electrons. The number of H-pyrrole nitrogens is 1. The van der Waals surface area contributed by atoms with Gasteiger partial charge < -0.3 is 9.72 Å². The maximum atomic E-state index is 12.4. The number of thiophene rings is 1. The van der Waals surface area contributed by atoms with Crippen LogP contribution in [0, 0.1) is 0 Å². The van der Waals surface area contributed by atoms with Gasteiger partial charge >= 0.3 is 0 Å². The fraction of sp³-hybridized carbons (Fsp3) is 0.235. The van der Waals surface area contributed by atoms with E-state index in [2.05, 4.69) is 9.71 Å². The zero-order valence-corrected chi connectivity index (χ0v) is 15.5. The van der Waals surface area contributed by atoms with Crippen LogP contribution >= 0.6 is 11.3 Å². The Hall–Kier alpha value is -2.16. The number of aryl methyl sites for hydroxylation is 1. The van der Waals surface area contributed by atoms with Crippen molar-refractivity contribution < 1.29 is 13.2 Å². The lowest BCUT2D eigenvalue weighted by atomic mass is 10.1. The van der Waals surface area contributed by atoms with E-state index < -0.39 is 10.0 Å². The van der Waals surface area contributed by atoms with Crippen LogP contribution < -0.4 is 15.0 Å². The maximum Gasteiger partial charge on any atom is 0.252 e. The minimum absolute atomic E-state index is 0.0792. The van der Waals surface area contributed by atoms with Gasteiger partial charge in [-0.2, -0.15) is 0 Å². The molecule has 0 aliphatic rings. The molecule has 0 spiro atoms. The van der Waals surface area contributed by atoms with Crippen molar-refractivity contribution in [1.82, 2.24) is 9.71 Å². The number of aromatic nitrogens is 1. The summed E-state index contributed by atoms with van der Waals surface area (Å²) >= 11 is 1.23. The van der Waals surface area contributed by atoms with Gasteiger partial charge in [0.1, 0.15) is 9.96 Å². The highest BCUT2D eigenvalue weighted by Crippen LogP contribution is 2.22. The van der Waals surface area contributed by atoms with E-state index in [0.717, 1.165) is 16.7 Å². The first-order chi connectivity index (χ1) is 11.9. The molecule has 0 fully saturated rings. The highest BCUT2D eigenvalue weighted by Gasteiger charge is 2.17. The van der Waals surface area contributed by atoms with Crippen molar-refractivity contribution in [1.29, 1.82) is 0 Å². The van der Waals surface area contributed by atoms with Gasteiger partial charge in [0.25, 0.3) is 5.56 Å². The van der Waals surface area contributed by atoms with Crippen molar-refractivity contribution in [3.05, 3.63) is 57.2 Å². The first kappa shape index (κ1) is 17.7. The Morgan fingerprint density at radius 2 is 2.00 bits per heavy atom. The summed E-state index contributed by atoms with van der Waals surface area (Å²) in [6.45, 7) is 1.89. The maximum absolute atomic E-state index is 12.4. The third-order valence-corrected chi connectivity index (χ3v) is 6.95. The molecule has 132 valence electrons. The van der Waals surface area contributed by atoms with Crippen LogP contribution in [0.5, 0.6) is 5.75 Å². The van der Waals surface area contributed by atoms with E-state index >= 15 is 0 Å². The van der Waals surface area contributed by atoms with Gasteiger partial charge in [0.05, 0.1) is 7.11 Å². The van der Waals surface area contributed by atoms with Crippen LogP contribution in [0.25, 0.3) is 10.9 Å². The predicted octanol–water partition coefficient (Wildman–Crippen LogP) is 2.64. The Bertz CT molecular complexity index is 1070. The quantitative estimate of drug-likeness (QED) is 0.690. The van der Waals surface area contributed by atoms with Crippen LogP contribution in [0.15, 0.2) is 45.4 Å². The fourth-order valence-electron chi connectivity index (χ4n) is 2.42. The van der Waals surface area contributed by atoms with E-state index in [4.69, 9.17) is 4.74 Å². The van der Waals surface area contributed by atoms with Crippen molar-refractivity contribution in [3.63, 3.8) is 0 Å². The minimum Gasteiger partial charge on any atom is -0.497 e. The van der Waals surface area contributed by atoms with Gasteiger partial charge in [-0.3, -0.25) is 4.79 Å². The number of nitrogens with one attached hydrogen (secondary N) is 2. The Morgan fingerprint density at radius 3 is 2.68 bits per heavy atom. The lowest BCUT2D eigenvalue weighted by Crippen LogP contribution is -2.26. The third-order valence-electron chi connectivity index (χ3n) is 3.83. The summed E-state index contributed by atoms with van der Waals surface area (Å²) in [6.07, 6.45) is 0.784. The van der Waals surface area contributed by atoms with Crippen molar-refractivity contribution in [2.75, 3.05) is 7.11 Å². The summed E-state index contributed by atoms with van der Waals surface area (Å²) in [6, 6.07) is 10.3. The smallest absolute Gasteiger partial charge is 0.252 e. The molecular weight excluding hydrogens is 360 g/mol. The molecule has 1 aromatic carbocycles. The van der Waals surface area contributed by atoms with Crippen molar-refractivity contribution in [2.45, 2.75) is 24.1 Å². The average Bonchev–Trinajstić information content (AvgIpc) is 3.09. The summed E-state index contributed by atoms with van der Waals surface area (Å²) in [5.74, 6) is 0.664. The van der Waals surface area contributed by atoms with Crippen LogP contribution in [0.3, 0.4) is 0 Å². The third kappa shape index (κ3) is 3.76. The number of methoxy groups -OCH3 is 1. The van der Waals surface area contributed by atoms with Gasteiger partial charge in [0.2, 0.25) is 10.0 Å². The number of rotatable bonds is 6. The standard InChI is InChI=1S/C17H18N2O4S2/c1-3-14-5-7-16(24-14)25(21,22)18-10-12-8-11-9-13(23-2)4-6-15(11)19-17(12)20/h4-9,18H,3,10H2,1-2H3,(H,19,20). The number of benzene rings is 1. The van der Waals surface area contributed by atoms with Crippen LogP contribution in [-0.4, -0.2) is 20.5 Å². The van der Waals surface area contributed by atoms with Crippen LogP contribution in [-0.2, 0) is 23.0 Å². The first-order valence-electron chi connectivity index (χ1n) is 7.71. The van der Waals surface area contributed by atoms with E-state index in [-0.39, 0.29) is 16.3 Å². The Balaban J connectivity index is 1.87. The predicted molar refractivity (Wildman–Crippen MR) is 98.8 cm³/mol. The van der Waals surface area contributed by atoms with Gasteiger partial charge in [-0.05, 0) is 42.8 Å². The summed E-state index contributed by atoms with van der Waals surface area (Å²) in [4.78, 5) is 15.9. The molecule has 6 nitrogen and oxygen atoms in total. The van der Waals surface area contributed by atoms with E-state index in [9.17, 15) is 13.2 Å². The van der Waals surface area contributed by atoms with Gasteiger partial charge in [-0.1, -0.05) is 6.92 Å². The second-order valence-corrected chi connectivity index (χ2v) is 8.64. The van der Waals surface area contributed by atoms with E-state index in [1.807, 2.05) is 6.92 Å². The van der Waals surface area contributed by atoms with Gasteiger partial charge in [-0.15, -0.1) is 11.3 Å². The molecular formula is C17H18N2O4S2. The lowest BCUT2D eigenvalue weighted by Gasteiger charge is -2.07. The molecule has 0 bridgehead atoms. The van der Waals surface area contributed by atoms with Crippen LogP contribution in [0.2, 0.25) is 0 Å². The Labute approximate surface area is 149 Å². The highest BCUT2D eigenvalue weighted by atomic mass is 32.2. The van der Waals surface area contributed by atoms with Crippen LogP contribution in [0.1, 0.15) is 17.4 Å². The first-order valence-corrected chi connectivity index (χ1v) is 10.0. The lowest BCUT2D eigenvalue weighted by molar-refractivity contribution is 0.415. The number of sulfonamides is 1. The molecule has 2 N–H and O–H groups in total. The molecule has 0 saturated carbocycles. The SMILES string of the molecule is CCc1ccc(S(=O)(=O)NCc2cc3cc(OC)ccc3[nH]c2=O)s1. The van der Waals surface area contributed by atoms with E-state index in [0.29, 0.717) is 16.8 Å². The number of fused-ring (bicyclic) bond motifs is 1. The molecule has 0 amide bonds. The Morgan fingerprint density at radius 1 is 1.20 bits per heavy atom. The van der Waals surface area contributed by atoms with Crippen molar-refractivity contribution in [3.8, 4) is 5.75 Å². The van der Waals surface area contributed by atoms with E-state index in [1.54, 1.807) is 43.5 Å². The molecule has 2 heterocycles. The summed E-state index contributed by atoms with van der Waals surface area (Å²) < 4.78 is 32.7. The zero-order chi connectivity index (χ0) is 18.0. The topological polar surface area (TPSA) is 88.3 Å². The second-order valence-electron chi connectivity index (χ2n) is 5.48. The highest BCUT2D eigenvalue weighted by molar-refractivity contribution is 7.91. The molecule has 8 heteroatoms. The number of hydrogen-bond acceptors (Lipinski definition) is 5. The summed E-state index contributed by atoms with van der Waals surface area (Å²) in [7, 11) is -2.08. The molecule has 25 heavy (non-hydrogen) atoms. The molecule has 0 atom stereocenters. The van der Waals surface area contributed by atoms with E-state index in [1.165, 1.54) is 11.3 Å². The molecule has 2 aromatic heterocycles. The number of hydrogen-bond donors (Lipinski definition) is 2. The molecule has 0 aliphatic heterocycles. The number of aromatic amines is 1. The van der Waals surface area contributed by atoms with Gasteiger partial charge in [0, 0.05) is 27.9 Å². The number of pyridine rings is 1.